The molecule has 0 saturated heterocycles. The quantitative estimate of drug-likeness (QED) is 0.359. The molecule has 2 fully saturated rings. The molecule has 0 bridgehead atoms. The van der Waals surface area contributed by atoms with Crippen LogP contribution in [0.25, 0.3) is 0 Å². The minimum Gasteiger partial charge on any atom is -0.462 e. The SMILES string of the molecule is CCOC(=O)c1ccc(C2(NC(=O)c3cccc4c3N(Cc3ccc(C(F)(F)F)cc3)CC43CC3)CC2)cc1. The Morgan fingerprint density at radius 1 is 0.949 bits per heavy atom. The fraction of sp³-hybridized carbons (Fsp3) is 0.355. The third kappa shape index (κ3) is 4.66. The normalized spacial score (nSPS) is 18.0. The average Bonchev–Trinajstić information content (AvgIpc) is 3.84. The van der Waals surface area contributed by atoms with Crippen molar-refractivity contribution in [2.75, 3.05) is 18.1 Å². The minimum atomic E-state index is -4.37. The van der Waals surface area contributed by atoms with Gasteiger partial charge in [-0.3, -0.25) is 4.79 Å². The number of benzene rings is 3. The lowest BCUT2D eigenvalue weighted by Crippen LogP contribution is -2.36. The monoisotopic (exact) mass is 534 g/mol. The highest BCUT2D eigenvalue weighted by Crippen LogP contribution is 2.57. The summed E-state index contributed by atoms with van der Waals surface area (Å²) in [5, 5.41) is 3.25. The summed E-state index contributed by atoms with van der Waals surface area (Å²) < 4.78 is 44.2. The molecule has 1 heterocycles. The number of amides is 1. The first-order valence-corrected chi connectivity index (χ1v) is 13.3. The maximum absolute atomic E-state index is 13.7. The number of nitrogens with one attached hydrogen (secondary N) is 1. The molecular weight excluding hydrogens is 505 g/mol. The molecule has 1 spiro atoms. The van der Waals surface area contributed by atoms with Crippen LogP contribution in [0.5, 0.6) is 0 Å². The smallest absolute Gasteiger partial charge is 0.416 e. The number of nitrogens with zero attached hydrogens (tertiary/aromatic N) is 1. The van der Waals surface area contributed by atoms with Gasteiger partial charge >= 0.3 is 12.1 Å². The van der Waals surface area contributed by atoms with Gasteiger partial charge in [0.05, 0.1) is 34.5 Å². The van der Waals surface area contributed by atoms with Crippen molar-refractivity contribution in [3.05, 3.63) is 100 Å². The van der Waals surface area contributed by atoms with Gasteiger partial charge in [0.2, 0.25) is 0 Å². The number of carbonyl (C=O) groups is 2. The van der Waals surface area contributed by atoms with E-state index >= 15 is 0 Å². The zero-order valence-electron chi connectivity index (χ0n) is 21.6. The summed E-state index contributed by atoms with van der Waals surface area (Å²) >= 11 is 0. The Bertz CT molecular complexity index is 1420. The van der Waals surface area contributed by atoms with E-state index in [4.69, 9.17) is 4.74 Å². The second-order valence-electron chi connectivity index (χ2n) is 10.9. The molecule has 0 radical (unpaired) electrons. The molecule has 2 saturated carbocycles. The highest BCUT2D eigenvalue weighted by atomic mass is 19.4. The molecule has 3 aromatic carbocycles. The summed E-state index contributed by atoms with van der Waals surface area (Å²) in [4.78, 5) is 27.9. The van der Waals surface area contributed by atoms with Crippen molar-refractivity contribution in [3.8, 4) is 0 Å². The first-order valence-electron chi connectivity index (χ1n) is 13.3. The number of fused-ring (bicyclic) bond motifs is 2. The topological polar surface area (TPSA) is 58.6 Å². The third-order valence-electron chi connectivity index (χ3n) is 8.22. The standard InChI is InChI=1S/C31H29F3N2O3/c1-2-39-28(38)21-8-12-22(13-9-21)30(16-17-30)35-27(37)24-4-3-5-25-26(24)36(19-29(25)14-15-29)18-20-6-10-23(11-7-20)31(32,33)34/h3-13H,2,14-19H2,1H3,(H,35,37). The fourth-order valence-electron chi connectivity index (χ4n) is 5.79. The van der Waals surface area contributed by atoms with Crippen LogP contribution in [0.2, 0.25) is 0 Å². The van der Waals surface area contributed by atoms with E-state index in [1.807, 2.05) is 24.3 Å². The van der Waals surface area contributed by atoms with E-state index in [0.29, 0.717) is 24.3 Å². The molecule has 0 aromatic heterocycles. The second-order valence-corrected chi connectivity index (χ2v) is 10.9. The van der Waals surface area contributed by atoms with Crippen molar-refractivity contribution in [1.29, 1.82) is 0 Å². The highest BCUT2D eigenvalue weighted by Gasteiger charge is 2.53. The van der Waals surface area contributed by atoms with Gasteiger partial charge in [-0.25, -0.2) is 4.79 Å². The summed E-state index contributed by atoms with van der Waals surface area (Å²) in [6.45, 7) is 3.24. The Hall–Kier alpha value is -3.81. The Morgan fingerprint density at radius 3 is 2.23 bits per heavy atom. The second kappa shape index (κ2) is 9.14. The van der Waals surface area contributed by atoms with Crippen LogP contribution in [0, 0.1) is 0 Å². The van der Waals surface area contributed by atoms with Crippen LogP contribution < -0.4 is 10.2 Å². The largest absolute Gasteiger partial charge is 0.462 e. The summed E-state index contributed by atoms with van der Waals surface area (Å²) in [5.41, 5.74) is 3.64. The first kappa shape index (κ1) is 25.5. The lowest BCUT2D eigenvalue weighted by Gasteiger charge is -2.24. The summed E-state index contributed by atoms with van der Waals surface area (Å²) in [6.07, 6.45) is -0.714. The van der Waals surface area contributed by atoms with Crippen molar-refractivity contribution in [2.45, 2.75) is 56.3 Å². The molecule has 3 aliphatic rings. The Kier molecular flexibility index (Phi) is 5.97. The van der Waals surface area contributed by atoms with Crippen LogP contribution in [0.3, 0.4) is 0 Å². The maximum atomic E-state index is 13.7. The highest BCUT2D eigenvalue weighted by molar-refractivity contribution is 6.02. The van der Waals surface area contributed by atoms with Crippen LogP contribution in [-0.2, 0) is 28.4 Å². The van der Waals surface area contributed by atoms with Crippen LogP contribution in [0.15, 0.2) is 66.7 Å². The molecule has 1 aliphatic heterocycles. The number of rotatable bonds is 7. The van der Waals surface area contributed by atoms with Gasteiger partial charge in [0.1, 0.15) is 0 Å². The van der Waals surface area contributed by atoms with Crippen molar-refractivity contribution in [2.24, 2.45) is 0 Å². The van der Waals surface area contributed by atoms with Crippen LogP contribution in [0.1, 0.15) is 75.6 Å². The minimum absolute atomic E-state index is 0.0116. The molecule has 39 heavy (non-hydrogen) atoms. The van der Waals surface area contributed by atoms with Crippen LogP contribution >= 0.6 is 0 Å². The molecule has 1 N–H and O–H groups in total. The first-order chi connectivity index (χ1) is 18.6. The maximum Gasteiger partial charge on any atom is 0.416 e. The Labute approximate surface area is 225 Å². The van der Waals surface area contributed by atoms with E-state index in [9.17, 15) is 22.8 Å². The van der Waals surface area contributed by atoms with Crippen LogP contribution in [0.4, 0.5) is 18.9 Å². The van der Waals surface area contributed by atoms with Gasteiger partial charge in [0.25, 0.3) is 5.91 Å². The molecule has 6 rings (SSSR count). The molecule has 8 heteroatoms. The molecule has 0 atom stereocenters. The van der Waals surface area contributed by atoms with Crippen molar-refractivity contribution >= 4 is 17.6 Å². The van der Waals surface area contributed by atoms with Crippen molar-refractivity contribution in [1.82, 2.24) is 5.32 Å². The third-order valence-corrected chi connectivity index (χ3v) is 8.22. The Balaban J connectivity index is 1.25. The molecule has 1 amide bonds. The van der Waals surface area contributed by atoms with E-state index < -0.39 is 17.3 Å². The molecule has 3 aromatic rings. The average molecular weight is 535 g/mol. The Morgan fingerprint density at radius 2 is 1.64 bits per heavy atom. The number of para-hydroxylation sites is 1. The number of halogens is 3. The predicted molar refractivity (Wildman–Crippen MR) is 141 cm³/mol. The molecule has 2 aliphatic carbocycles. The van der Waals surface area contributed by atoms with Gasteiger partial charge in [-0.05, 0) is 79.6 Å². The number of carbonyl (C=O) groups excluding carboxylic acids is 2. The zero-order chi connectivity index (χ0) is 27.4. The van der Waals surface area contributed by atoms with E-state index in [0.717, 1.165) is 66.7 Å². The van der Waals surface area contributed by atoms with Gasteiger partial charge in [-0.1, -0.05) is 36.4 Å². The number of anilines is 1. The molecule has 5 nitrogen and oxygen atoms in total. The lowest BCUT2D eigenvalue weighted by atomic mass is 9.96. The van der Waals surface area contributed by atoms with Crippen molar-refractivity contribution in [3.63, 3.8) is 0 Å². The van der Waals surface area contributed by atoms with E-state index in [1.165, 1.54) is 12.1 Å². The number of hydrogen-bond donors (Lipinski definition) is 1. The predicted octanol–water partition coefficient (Wildman–Crippen LogP) is 6.35. The van der Waals surface area contributed by atoms with Gasteiger partial charge < -0.3 is 15.0 Å². The van der Waals surface area contributed by atoms with Gasteiger partial charge in [-0.15, -0.1) is 0 Å². The van der Waals surface area contributed by atoms with E-state index in [2.05, 4.69) is 16.3 Å². The van der Waals surface area contributed by atoms with E-state index in [1.54, 1.807) is 19.1 Å². The van der Waals surface area contributed by atoms with E-state index in [-0.39, 0.29) is 17.3 Å². The van der Waals surface area contributed by atoms with Gasteiger partial charge in [0.15, 0.2) is 0 Å². The summed E-state index contributed by atoms with van der Waals surface area (Å²) in [5.74, 6) is -0.547. The van der Waals surface area contributed by atoms with Gasteiger partial charge in [-0.2, -0.15) is 13.2 Å². The summed E-state index contributed by atoms with van der Waals surface area (Å²) in [7, 11) is 0. The van der Waals surface area contributed by atoms with Crippen LogP contribution in [-0.4, -0.2) is 25.0 Å². The number of alkyl halides is 3. The number of hydrogen-bond acceptors (Lipinski definition) is 4. The fourth-order valence-corrected chi connectivity index (χ4v) is 5.79. The zero-order valence-corrected chi connectivity index (χ0v) is 21.6. The van der Waals surface area contributed by atoms with Gasteiger partial charge in [0, 0.05) is 18.5 Å². The number of ether oxygens (including phenoxy) is 1. The number of esters is 1. The summed E-state index contributed by atoms with van der Waals surface area (Å²) in [6, 6.07) is 18.3. The molecular formula is C31H29F3N2O3. The molecule has 202 valence electrons. The molecule has 0 unspecified atom stereocenters. The van der Waals surface area contributed by atoms with Crippen molar-refractivity contribution < 1.29 is 27.5 Å². The lowest BCUT2D eigenvalue weighted by molar-refractivity contribution is -0.137.